The zero-order valence-electron chi connectivity index (χ0n) is 18.4. The van der Waals surface area contributed by atoms with Gasteiger partial charge in [-0.3, -0.25) is 14.5 Å². The summed E-state index contributed by atoms with van der Waals surface area (Å²) in [5.74, 6) is 0.184. The van der Waals surface area contributed by atoms with Crippen LogP contribution in [0.25, 0.3) is 0 Å². The molecule has 0 spiro atoms. The van der Waals surface area contributed by atoms with Crippen molar-refractivity contribution in [1.82, 2.24) is 9.80 Å². The molecule has 1 aliphatic heterocycles. The SMILES string of the molecule is COCCN(CC1CCN(Cc2ccccc2F)CC1)C(=O)c1ccc(C(C)=O)cc1. The lowest BCUT2D eigenvalue weighted by Crippen LogP contribution is -2.42. The van der Waals surface area contributed by atoms with Crippen LogP contribution in [0.1, 0.15) is 46.0 Å². The number of benzene rings is 2. The van der Waals surface area contributed by atoms with Crippen LogP contribution in [-0.2, 0) is 11.3 Å². The minimum absolute atomic E-state index is 0.0163. The third-order valence-electron chi connectivity index (χ3n) is 5.93. The van der Waals surface area contributed by atoms with Crippen LogP contribution >= 0.6 is 0 Å². The highest BCUT2D eigenvalue weighted by molar-refractivity contribution is 5.97. The molecule has 0 saturated carbocycles. The van der Waals surface area contributed by atoms with Crippen molar-refractivity contribution in [1.29, 1.82) is 0 Å². The summed E-state index contributed by atoms with van der Waals surface area (Å²) in [6.45, 7) is 5.58. The van der Waals surface area contributed by atoms with Gasteiger partial charge in [0.15, 0.2) is 5.78 Å². The van der Waals surface area contributed by atoms with E-state index in [0.717, 1.165) is 31.5 Å². The summed E-state index contributed by atoms with van der Waals surface area (Å²) in [4.78, 5) is 28.7. The second-order valence-corrected chi connectivity index (χ2v) is 8.19. The first-order valence-electron chi connectivity index (χ1n) is 10.8. The monoisotopic (exact) mass is 426 g/mol. The lowest BCUT2D eigenvalue weighted by molar-refractivity contribution is 0.0617. The van der Waals surface area contributed by atoms with Gasteiger partial charge in [0.1, 0.15) is 5.82 Å². The van der Waals surface area contributed by atoms with Gasteiger partial charge in [-0.05, 0) is 57.0 Å². The molecule has 6 heteroatoms. The first kappa shape index (κ1) is 23.1. The number of rotatable bonds is 9. The quantitative estimate of drug-likeness (QED) is 0.568. The van der Waals surface area contributed by atoms with E-state index in [1.165, 1.54) is 13.0 Å². The summed E-state index contributed by atoms with van der Waals surface area (Å²) in [7, 11) is 1.63. The molecule has 5 nitrogen and oxygen atoms in total. The van der Waals surface area contributed by atoms with E-state index in [-0.39, 0.29) is 17.5 Å². The fourth-order valence-electron chi connectivity index (χ4n) is 4.01. The smallest absolute Gasteiger partial charge is 0.253 e. The number of carbonyl (C=O) groups excluding carboxylic acids is 2. The van der Waals surface area contributed by atoms with E-state index in [1.807, 2.05) is 17.0 Å². The Labute approximate surface area is 183 Å². The third kappa shape index (κ3) is 6.45. The highest BCUT2D eigenvalue weighted by Crippen LogP contribution is 2.22. The minimum Gasteiger partial charge on any atom is -0.383 e. The topological polar surface area (TPSA) is 49.9 Å². The summed E-state index contributed by atoms with van der Waals surface area (Å²) in [6.07, 6.45) is 1.93. The molecule has 1 aliphatic rings. The molecule has 0 bridgehead atoms. The Morgan fingerprint density at radius 3 is 2.32 bits per heavy atom. The van der Waals surface area contributed by atoms with Crippen molar-refractivity contribution in [2.75, 3.05) is 39.9 Å². The number of ketones is 1. The molecule has 1 fully saturated rings. The number of likely N-dealkylation sites (tertiary alicyclic amines) is 1. The lowest BCUT2D eigenvalue weighted by Gasteiger charge is -2.35. The van der Waals surface area contributed by atoms with Crippen molar-refractivity contribution in [2.24, 2.45) is 5.92 Å². The van der Waals surface area contributed by atoms with E-state index in [1.54, 1.807) is 37.4 Å². The average molecular weight is 427 g/mol. The number of Topliss-reactive ketones (excluding diaryl/α,β-unsaturated/α-hetero) is 1. The number of hydrogen-bond acceptors (Lipinski definition) is 4. The Balaban J connectivity index is 1.57. The fraction of sp³-hybridized carbons (Fsp3) is 0.440. The molecular weight excluding hydrogens is 395 g/mol. The molecule has 166 valence electrons. The first-order valence-corrected chi connectivity index (χ1v) is 10.8. The molecule has 0 radical (unpaired) electrons. The number of carbonyl (C=O) groups is 2. The van der Waals surface area contributed by atoms with Gasteiger partial charge in [-0.1, -0.05) is 30.3 Å². The van der Waals surface area contributed by atoms with Crippen molar-refractivity contribution >= 4 is 11.7 Å². The largest absolute Gasteiger partial charge is 0.383 e. The predicted octanol–water partition coefficient (Wildman–Crippen LogP) is 4.03. The van der Waals surface area contributed by atoms with Gasteiger partial charge in [-0.15, -0.1) is 0 Å². The van der Waals surface area contributed by atoms with Gasteiger partial charge in [-0.25, -0.2) is 4.39 Å². The zero-order valence-corrected chi connectivity index (χ0v) is 18.4. The average Bonchev–Trinajstić information content (AvgIpc) is 2.79. The highest BCUT2D eigenvalue weighted by atomic mass is 19.1. The second-order valence-electron chi connectivity index (χ2n) is 8.19. The summed E-state index contributed by atoms with van der Waals surface area (Å²) < 4.78 is 19.1. The predicted molar refractivity (Wildman–Crippen MR) is 119 cm³/mol. The van der Waals surface area contributed by atoms with E-state index < -0.39 is 0 Å². The molecule has 1 heterocycles. The van der Waals surface area contributed by atoms with Gasteiger partial charge in [-0.2, -0.15) is 0 Å². The van der Waals surface area contributed by atoms with Crippen LogP contribution in [-0.4, -0.2) is 61.4 Å². The van der Waals surface area contributed by atoms with E-state index in [9.17, 15) is 14.0 Å². The number of ether oxygens (including phenoxy) is 1. The van der Waals surface area contributed by atoms with Gasteiger partial charge in [0.2, 0.25) is 0 Å². The standard InChI is InChI=1S/C25H31FN2O3/c1-19(29)21-7-9-22(10-8-21)25(30)28(15-16-31-2)17-20-11-13-27(14-12-20)18-23-5-3-4-6-24(23)26/h3-10,20H,11-18H2,1-2H3. The maximum atomic E-state index is 13.9. The van der Waals surface area contributed by atoms with Gasteiger partial charge in [0.25, 0.3) is 5.91 Å². The molecule has 2 aromatic carbocycles. The first-order chi connectivity index (χ1) is 15.0. The summed E-state index contributed by atoms with van der Waals surface area (Å²) in [6, 6.07) is 13.8. The Bertz CT molecular complexity index is 877. The number of halogens is 1. The summed E-state index contributed by atoms with van der Waals surface area (Å²) in [5.41, 5.74) is 1.91. The van der Waals surface area contributed by atoms with E-state index >= 15 is 0 Å². The normalized spacial score (nSPS) is 15.1. The van der Waals surface area contributed by atoms with Crippen LogP contribution in [0, 0.1) is 11.7 Å². The molecule has 0 N–H and O–H groups in total. The molecule has 3 rings (SSSR count). The van der Waals surface area contributed by atoms with Gasteiger partial charge < -0.3 is 9.64 Å². The van der Waals surface area contributed by atoms with Gasteiger partial charge in [0.05, 0.1) is 6.61 Å². The molecule has 0 aliphatic carbocycles. The van der Waals surface area contributed by atoms with Crippen LogP contribution in [0.5, 0.6) is 0 Å². The van der Waals surface area contributed by atoms with Gasteiger partial charge in [0, 0.05) is 43.4 Å². The van der Waals surface area contributed by atoms with Crippen molar-refractivity contribution in [2.45, 2.75) is 26.3 Å². The minimum atomic E-state index is -0.156. The van der Waals surface area contributed by atoms with E-state index in [0.29, 0.717) is 43.3 Å². The lowest BCUT2D eigenvalue weighted by atomic mass is 9.95. The van der Waals surface area contributed by atoms with Crippen LogP contribution in [0.15, 0.2) is 48.5 Å². The van der Waals surface area contributed by atoms with E-state index in [2.05, 4.69) is 4.90 Å². The van der Waals surface area contributed by atoms with Crippen LogP contribution in [0.2, 0.25) is 0 Å². The Kier molecular flexibility index (Phi) is 8.32. The highest BCUT2D eigenvalue weighted by Gasteiger charge is 2.25. The van der Waals surface area contributed by atoms with Crippen LogP contribution in [0.3, 0.4) is 0 Å². The number of amides is 1. The maximum Gasteiger partial charge on any atom is 0.253 e. The molecular formula is C25H31FN2O3. The summed E-state index contributed by atoms with van der Waals surface area (Å²) in [5, 5.41) is 0. The Morgan fingerprint density at radius 1 is 1.06 bits per heavy atom. The Hall–Kier alpha value is -2.57. The number of hydrogen-bond donors (Lipinski definition) is 0. The number of nitrogens with zero attached hydrogens (tertiary/aromatic N) is 2. The third-order valence-corrected chi connectivity index (χ3v) is 5.93. The molecule has 0 unspecified atom stereocenters. The maximum absolute atomic E-state index is 13.9. The van der Waals surface area contributed by atoms with Crippen molar-refractivity contribution < 1.29 is 18.7 Å². The number of piperidine rings is 1. The zero-order chi connectivity index (χ0) is 22.2. The molecule has 1 saturated heterocycles. The molecule has 31 heavy (non-hydrogen) atoms. The van der Waals surface area contributed by atoms with E-state index in [4.69, 9.17) is 4.74 Å². The molecule has 0 aromatic heterocycles. The number of methoxy groups -OCH3 is 1. The van der Waals surface area contributed by atoms with Crippen molar-refractivity contribution in [3.63, 3.8) is 0 Å². The summed E-state index contributed by atoms with van der Waals surface area (Å²) >= 11 is 0. The molecule has 0 atom stereocenters. The Morgan fingerprint density at radius 2 is 1.71 bits per heavy atom. The fourth-order valence-corrected chi connectivity index (χ4v) is 4.01. The van der Waals surface area contributed by atoms with Crippen LogP contribution in [0.4, 0.5) is 4.39 Å². The van der Waals surface area contributed by atoms with Crippen molar-refractivity contribution in [3.05, 3.63) is 71.0 Å². The van der Waals surface area contributed by atoms with Crippen molar-refractivity contribution in [3.8, 4) is 0 Å². The second kappa shape index (κ2) is 11.2. The van der Waals surface area contributed by atoms with Crippen LogP contribution < -0.4 is 0 Å². The van der Waals surface area contributed by atoms with Gasteiger partial charge >= 0.3 is 0 Å². The molecule has 1 amide bonds. The molecule has 2 aromatic rings.